The van der Waals surface area contributed by atoms with Gasteiger partial charge in [0.25, 0.3) is 0 Å². The fourth-order valence-corrected chi connectivity index (χ4v) is 1.80. The number of rotatable bonds is 7. The third-order valence-electron chi connectivity index (χ3n) is 2.12. The maximum atomic E-state index is 5.65. The summed E-state index contributed by atoms with van der Waals surface area (Å²) in [6.45, 7) is 0.977. The third-order valence-corrected chi connectivity index (χ3v) is 2.81. The van der Waals surface area contributed by atoms with Gasteiger partial charge in [0.2, 0.25) is 0 Å². The first-order valence-electron chi connectivity index (χ1n) is 5.27. The zero-order chi connectivity index (χ0) is 10.9. The van der Waals surface area contributed by atoms with Gasteiger partial charge < -0.3 is 11.1 Å². The lowest BCUT2D eigenvalue weighted by Crippen LogP contribution is -2.03. The van der Waals surface area contributed by atoms with Crippen molar-refractivity contribution in [3.63, 3.8) is 0 Å². The number of anilines is 2. The van der Waals surface area contributed by atoms with Crippen LogP contribution < -0.4 is 11.1 Å². The molecule has 1 heterocycles. The monoisotopic (exact) mass is 225 g/mol. The van der Waals surface area contributed by atoms with Crippen molar-refractivity contribution in [2.75, 3.05) is 29.6 Å². The highest BCUT2D eigenvalue weighted by Gasteiger charge is 1.93. The molecule has 0 spiro atoms. The first-order valence-corrected chi connectivity index (χ1v) is 6.66. The average Bonchev–Trinajstić information content (AvgIpc) is 2.23. The Bertz CT molecular complexity index is 278. The third kappa shape index (κ3) is 5.52. The van der Waals surface area contributed by atoms with Gasteiger partial charge in [0.1, 0.15) is 5.82 Å². The minimum atomic E-state index is 0.759. The summed E-state index contributed by atoms with van der Waals surface area (Å²) in [5.41, 5.74) is 6.40. The van der Waals surface area contributed by atoms with Crippen molar-refractivity contribution in [1.82, 2.24) is 4.98 Å². The smallest absolute Gasteiger partial charge is 0.127 e. The van der Waals surface area contributed by atoms with E-state index in [1.165, 1.54) is 25.0 Å². The van der Waals surface area contributed by atoms with Crippen LogP contribution in [0.15, 0.2) is 18.3 Å². The number of hydrogen-bond acceptors (Lipinski definition) is 4. The van der Waals surface area contributed by atoms with Crippen LogP contribution in [0.2, 0.25) is 0 Å². The second kappa shape index (κ2) is 7.40. The zero-order valence-electron chi connectivity index (χ0n) is 9.20. The van der Waals surface area contributed by atoms with E-state index < -0.39 is 0 Å². The Kier molecular flexibility index (Phi) is 6.00. The largest absolute Gasteiger partial charge is 0.399 e. The van der Waals surface area contributed by atoms with Crippen LogP contribution in [0.3, 0.4) is 0 Å². The van der Waals surface area contributed by atoms with Gasteiger partial charge in [-0.05, 0) is 30.9 Å². The summed E-state index contributed by atoms with van der Waals surface area (Å²) in [4.78, 5) is 4.18. The maximum absolute atomic E-state index is 5.65. The summed E-state index contributed by atoms with van der Waals surface area (Å²) in [5.74, 6) is 2.14. The maximum Gasteiger partial charge on any atom is 0.127 e. The predicted octanol–water partition coefficient (Wildman–Crippen LogP) is 2.61. The van der Waals surface area contributed by atoms with E-state index in [1.54, 1.807) is 12.3 Å². The lowest BCUT2D eigenvalue weighted by Gasteiger charge is -2.05. The first-order chi connectivity index (χ1) is 7.33. The molecule has 1 aromatic heterocycles. The summed E-state index contributed by atoms with van der Waals surface area (Å²) in [5, 5.41) is 3.26. The normalized spacial score (nSPS) is 10.2. The second-order valence-electron chi connectivity index (χ2n) is 3.45. The molecular weight excluding hydrogens is 206 g/mol. The van der Waals surface area contributed by atoms with E-state index in [0.717, 1.165) is 18.1 Å². The van der Waals surface area contributed by atoms with Gasteiger partial charge in [-0.1, -0.05) is 6.42 Å². The minimum Gasteiger partial charge on any atom is -0.399 e. The molecule has 0 radical (unpaired) electrons. The number of aromatic nitrogens is 1. The lowest BCUT2D eigenvalue weighted by molar-refractivity contribution is 0.748. The van der Waals surface area contributed by atoms with Crippen LogP contribution in [0, 0.1) is 0 Å². The van der Waals surface area contributed by atoms with E-state index in [0.29, 0.717) is 0 Å². The van der Waals surface area contributed by atoms with Crippen molar-refractivity contribution in [2.45, 2.75) is 19.3 Å². The molecule has 0 aliphatic carbocycles. The number of nitrogens with two attached hydrogens (primary N) is 1. The van der Waals surface area contributed by atoms with Crippen LogP contribution in [-0.4, -0.2) is 23.5 Å². The van der Waals surface area contributed by atoms with Crippen LogP contribution in [-0.2, 0) is 0 Å². The molecule has 0 bridgehead atoms. The quantitative estimate of drug-likeness (QED) is 0.700. The van der Waals surface area contributed by atoms with E-state index in [4.69, 9.17) is 5.73 Å². The van der Waals surface area contributed by atoms with Gasteiger partial charge in [-0.3, -0.25) is 0 Å². The highest BCUT2D eigenvalue weighted by Crippen LogP contribution is 2.08. The molecule has 3 N–H and O–H groups in total. The molecule has 0 atom stereocenters. The van der Waals surface area contributed by atoms with Crippen molar-refractivity contribution >= 4 is 23.3 Å². The van der Waals surface area contributed by atoms with Crippen LogP contribution in [0.4, 0.5) is 11.5 Å². The summed E-state index contributed by atoms with van der Waals surface area (Å²) in [7, 11) is 0. The summed E-state index contributed by atoms with van der Waals surface area (Å²) >= 11 is 1.91. The number of unbranched alkanes of at least 4 members (excludes halogenated alkanes) is 2. The van der Waals surface area contributed by atoms with E-state index in [-0.39, 0.29) is 0 Å². The second-order valence-corrected chi connectivity index (χ2v) is 4.44. The van der Waals surface area contributed by atoms with Crippen molar-refractivity contribution in [1.29, 1.82) is 0 Å². The average molecular weight is 225 g/mol. The highest BCUT2D eigenvalue weighted by molar-refractivity contribution is 7.98. The number of nitrogen functional groups attached to an aromatic ring is 1. The standard InChI is InChI=1S/C11H19N3S/c1-15-8-4-2-3-6-13-11-9-10(12)5-7-14-11/h5,7,9H,2-4,6,8H2,1H3,(H3,12,13,14). The van der Waals surface area contributed by atoms with Gasteiger partial charge in [0.05, 0.1) is 0 Å². The van der Waals surface area contributed by atoms with Gasteiger partial charge in [-0.25, -0.2) is 4.98 Å². The molecule has 0 aromatic carbocycles. The van der Waals surface area contributed by atoms with Gasteiger partial charge in [-0.15, -0.1) is 0 Å². The predicted molar refractivity (Wildman–Crippen MR) is 69.4 cm³/mol. The van der Waals surface area contributed by atoms with E-state index >= 15 is 0 Å². The topological polar surface area (TPSA) is 50.9 Å². The number of nitrogens with one attached hydrogen (secondary N) is 1. The van der Waals surface area contributed by atoms with Crippen LogP contribution in [0.25, 0.3) is 0 Å². The molecule has 84 valence electrons. The molecule has 0 saturated heterocycles. The molecule has 0 aliphatic heterocycles. The number of pyridine rings is 1. The summed E-state index contributed by atoms with van der Waals surface area (Å²) in [6, 6.07) is 3.66. The molecule has 0 fully saturated rings. The molecule has 0 amide bonds. The van der Waals surface area contributed by atoms with E-state index in [9.17, 15) is 0 Å². The molecular formula is C11H19N3S. The molecule has 4 heteroatoms. The summed E-state index contributed by atoms with van der Waals surface area (Å²) < 4.78 is 0. The van der Waals surface area contributed by atoms with E-state index in [2.05, 4.69) is 16.6 Å². The Morgan fingerprint density at radius 1 is 1.40 bits per heavy atom. The Labute approximate surface area is 95.9 Å². The fourth-order valence-electron chi connectivity index (χ4n) is 1.31. The van der Waals surface area contributed by atoms with Crippen LogP contribution >= 0.6 is 11.8 Å². The molecule has 0 aliphatic rings. The van der Waals surface area contributed by atoms with Crippen molar-refractivity contribution in [2.24, 2.45) is 0 Å². The van der Waals surface area contributed by atoms with Crippen molar-refractivity contribution in [3.8, 4) is 0 Å². The Morgan fingerprint density at radius 2 is 2.27 bits per heavy atom. The molecule has 3 nitrogen and oxygen atoms in total. The van der Waals surface area contributed by atoms with Gasteiger partial charge in [-0.2, -0.15) is 11.8 Å². The number of hydrogen-bond donors (Lipinski definition) is 2. The zero-order valence-corrected chi connectivity index (χ0v) is 10.0. The Morgan fingerprint density at radius 3 is 3.00 bits per heavy atom. The minimum absolute atomic E-state index is 0.759. The SMILES string of the molecule is CSCCCCCNc1cc(N)ccn1. The highest BCUT2D eigenvalue weighted by atomic mass is 32.2. The molecule has 1 rings (SSSR count). The van der Waals surface area contributed by atoms with Crippen LogP contribution in [0.5, 0.6) is 0 Å². The lowest BCUT2D eigenvalue weighted by atomic mass is 10.2. The molecule has 1 aromatic rings. The summed E-state index contributed by atoms with van der Waals surface area (Å²) in [6.07, 6.45) is 7.64. The van der Waals surface area contributed by atoms with Gasteiger partial charge >= 0.3 is 0 Å². The van der Waals surface area contributed by atoms with Crippen molar-refractivity contribution < 1.29 is 0 Å². The van der Waals surface area contributed by atoms with Gasteiger partial charge in [0.15, 0.2) is 0 Å². The van der Waals surface area contributed by atoms with E-state index in [1.807, 2.05) is 17.8 Å². The Balaban J connectivity index is 2.10. The van der Waals surface area contributed by atoms with Crippen LogP contribution in [0.1, 0.15) is 19.3 Å². The number of nitrogens with zero attached hydrogens (tertiary/aromatic N) is 1. The number of thioether (sulfide) groups is 1. The Hall–Kier alpha value is -0.900. The molecule has 0 unspecified atom stereocenters. The van der Waals surface area contributed by atoms with Gasteiger partial charge in [0, 0.05) is 24.5 Å². The molecule has 15 heavy (non-hydrogen) atoms. The molecule has 0 saturated carbocycles. The first kappa shape index (κ1) is 12.2. The fraction of sp³-hybridized carbons (Fsp3) is 0.545. The van der Waals surface area contributed by atoms with Crippen molar-refractivity contribution in [3.05, 3.63) is 18.3 Å².